The highest BCUT2D eigenvalue weighted by Crippen LogP contribution is 2.40. The lowest BCUT2D eigenvalue weighted by Gasteiger charge is -2.27. The van der Waals surface area contributed by atoms with Crippen LogP contribution in [0.2, 0.25) is 0 Å². The van der Waals surface area contributed by atoms with Gasteiger partial charge in [-0.2, -0.15) is 0 Å². The lowest BCUT2D eigenvalue weighted by atomic mass is 9.97. The number of H-pyrrole nitrogens is 1. The normalized spacial score (nSPS) is 20.1. The van der Waals surface area contributed by atoms with E-state index in [-0.39, 0.29) is 12.1 Å². The van der Waals surface area contributed by atoms with Crippen LogP contribution < -0.4 is 5.32 Å². The van der Waals surface area contributed by atoms with Crippen LogP contribution in [0.1, 0.15) is 40.5 Å². The number of nitrogens with one attached hydrogen (secondary N) is 2. The van der Waals surface area contributed by atoms with Gasteiger partial charge in [-0.1, -0.05) is 6.07 Å². The number of rotatable bonds is 4. The first kappa shape index (κ1) is 15.9. The predicted molar refractivity (Wildman–Crippen MR) is 100.0 cm³/mol. The van der Waals surface area contributed by atoms with Crippen LogP contribution in [0.15, 0.2) is 53.3 Å². The van der Waals surface area contributed by atoms with E-state index >= 15 is 0 Å². The van der Waals surface area contributed by atoms with Gasteiger partial charge < -0.3 is 19.6 Å². The standard InChI is InChI=1S/C19H20N4OS/c1-12-10-15(13(2)21-12)18-17(16-7-3-4-8-20-16)22-19(25)23(18)11-14-6-5-9-24-14/h3-10,17-18,21H,11H2,1-2H3,(H,22,25)/t17-,18-/m1/s1. The molecule has 4 rings (SSSR count). The Kier molecular flexibility index (Phi) is 4.05. The van der Waals surface area contributed by atoms with Crippen molar-refractivity contribution < 1.29 is 4.42 Å². The summed E-state index contributed by atoms with van der Waals surface area (Å²) in [5.74, 6) is 0.890. The third-order valence-corrected chi connectivity index (χ3v) is 4.96. The van der Waals surface area contributed by atoms with Gasteiger partial charge in [-0.15, -0.1) is 0 Å². The molecule has 0 spiro atoms. The number of aromatic nitrogens is 2. The Hall–Kier alpha value is -2.60. The maximum Gasteiger partial charge on any atom is 0.170 e. The number of aromatic amines is 1. The summed E-state index contributed by atoms with van der Waals surface area (Å²) >= 11 is 5.65. The monoisotopic (exact) mass is 352 g/mol. The molecule has 0 amide bonds. The molecule has 3 aromatic heterocycles. The average molecular weight is 352 g/mol. The number of thiocarbonyl (C=S) groups is 1. The molecular formula is C19H20N4OS. The lowest BCUT2D eigenvalue weighted by Crippen LogP contribution is -2.29. The smallest absolute Gasteiger partial charge is 0.170 e. The van der Waals surface area contributed by atoms with Crippen molar-refractivity contribution in [2.24, 2.45) is 0 Å². The second-order valence-corrected chi connectivity index (χ2v) is 6.75. The van der Waals surface area contributed by atoms with E-state index in [1.807, 2.05) is 36.5 Å². The SMILES string of the molecule is Cc1cc([C@@H]2[C@@H](c3ccccn3)NC(=S)N2Cc2ccco2)c(C)[nH]1. The zero-order valence-electron chi connectivity index (χ0n) is 14.2. The minimum Gasteiger partial charge on any atom is -0.467 e. The molecule has 6 heteroatoms. The molecule has 3 aromatic rings. The Morgan fingerprint density at radius 1 is 1.24 bits per heavy atom. The minimum atomic E-state index is -0.00226. The Balaban J connectivity index is 1.77. The fraction of sp³-hybridized carbons (Fsp3) is 0.263. The van der Waals surface area contributed by atoms with Crippen LogP contribution in [0.5, 0.6) is 0 Å². The number of hydrogen-bond donors (Lipinski definition) is 2. The quantitative estimate of drug-likeness (QED) is 0.700. The fourth-order valence-electron chi connectivity index (χ4n) is 3.54. The molecule has 128 valence electrons. The molecular weight excluding hydrogens is 332 g/mol. The van der Waals surface area contributed by atoms with E-state index in [0.717, 1.165) is 28.0 Å². The highest BCUT2D eigenvalue weighted by molar-refractivity contribution is 7.80. The summed E-state index contributed by atoms with van der Waals surface area (Å²) in [6, 6.07) is 12.1. The van der Waals surface area contributed by atoms with E-state index in [0.29, 0.717) is 6.54 Å². The third-order valence-electron chi connectivity index (χ3n) is 4.61. The first-order chi connectivity index (χ1) is 12.1. The topological polar surface area (TPSA) is 57.1 Å². The number of nitrogens with zero attached hydrogens (tertiary/aromatic N) is 2. The minimum absolute atomic E-state index is 0.00226. The fourth-order valence-corrected chi connectivity index (χ4v) is 3.84. The summed E-state index contributed by atoms with van der Waals surface area (Å²) in [6.45, 7) is 4.80. The molecule has 1 aliphatic heterocycles. The molecule has 2 N–H and O–H groups in total. The number of pyridine rings is 1. The third kappa shape index (κ3) is 2.93. The van der Waals surface area contributed by atoms with Crippen LogP contribution in [-0.4, -0.2) is 20.0 Å². The van der Waals surface area contributed by atoms with E-state index < -0.39 is 0 Å². The van der Waals surface area contributed by atoms with Gasteiger partial charge >= 0.3 is 0 Å². The van der Waals surface area contributed by atoms with E-state index in [9.17, 15) is 0 Å². The molecule has 0 bridgehead atoms. The Morgan fingerprint density at radius 3 is 2.76 bits per heavy atom. The highest BCUT2D eigenvalue weighted by Gasteiger charge is 2.41. The number of furan rings is 1. The first-order valence-corrected chi connectivity index (χ1v) is 8.71. The van der Waals surface area contributed by atoms with Crippen molar-refractivity contribution >= 4 is 17.3 Å². The average Bonchev–Trinajstić information content (AvgIpc) is 3.30. The summed E-state index contributed by atoms with van der Waals surface area (Å²) in [4.78, 5) is 10.1. The van der Waals surface area contributed by atoms with Gasteiger partial charge in [-0.25, -0.2) is 0 Å². The Morgan fingerprint density at radius 2 is 2.12 bits per heavy atom. The van der Waals surface area contributed by atoms with Crippen LogP contribution in [0, 0.1) is 13.8 Å². The summed E-state index contributed by atoms with van der Waals surface area (Å²) in [5, 5.41) is 4.17. The largest absolute Gasteiger partial charge is 0.467 e. The molecule has 1 fully saturated rings. The van der Waals surface area contributed by atoms with Gasteiger partial charge in [-0.3, -0.25) is 4.98 Å². The molecule has 5 nitrogen and oxygen atoms in total. The summed E-state index contributed by atoms with van der Waals surface area (Å²) in [6.07, 6.45) is 3.51. The zero-order valence-corrected chi connectivity index (χ0v) is 15.0. The second kappa shape index (κ2) is 6.37. The number of hydrogen-bond acceptors (Lipinski definition) is 3. The van der Waals surface area contributed by atoms with Crippen molar-refractivity contribution in [3.63, 3.8) is 0 Å². The van der Waals surface area contributed by atoms with Crippen molar-refractivity contribution in [1.29, 1.82) is 0 Å². The molecule has 4 heterocycles. The van der Waals surface area contributed by atoms with Crippen molar-refractivity contribution in [3.8, 4) is 0 Å². The van der Waals surface area contributed by atoms with Gasteiger partial charge in [0.2, 0.25) is 0 Å². The van der Waals surface area contributed by atoms with Crippen LogP contribution in [0.25, 0.3) is 0 Å². The van der Waals surface area contributed by atoms with Gasteiger partial charge in [0, 0.05) is 17.6 Å². The molecule has 0 radical (unpaired) electrons. The Labute approximate surface area is 152 Å². The van der Waals surface area contributed by atoms with E-state index in [4.69, 9.17) is 16.6 Å². The lowest BCUT2D eigenvalue weighted by molar-refractivity contribution is 0.286. The second-order valence-electron chi connectivity index (χ2n) is 6.37. The maximum absolute atomic E-state index is 5.65. The van der Waals surface area contributed by atoms with Gasteiger partial charge in [0.15, 0.2) is 5.11 Å². The summed E-state index contributed by atoms with van der Waals surface area (Å²) < 4.78 is 5.55. The van der Waals surface area contributed by atoms with E-state index in [2.05, 4.69) is 40.1 Å². The van der Waals surface area contributed by atoms with Crippen molar-refractivity contribution in [1.82, 2.24) is 20.2 Å². The van der Waals surface area contributed by atoms with Gasteiger partial charge in [-0.05, 0) is 62.0 Å². The number of aryl methyl sites for hydroxylation is 2. The highest BCUT2D eigenvalue weighted by atomic mass is 32.1. The van der Waals surface area contributed by atoms with Crippen molar-refractivity contribution in [2.75, 3.05) is 0 Å². The maximum atomic E-state index is 5.65. The van der Waals surface area contributed by atoms with Crippen LogP contribution >= 0.6 is 12.2 Å². The summed E-state index contributed by atoms with van der Waals surface area (Å²) in [7, 11) is 0. The van der Waals surface area contributed by atoms with E-state index in [1.54, 1.807) is 6.26 Å². The molecule has 0 aromatic carbocycles. The van der Waals surface area contributed by atoms with Crippen molar-refractivity contribution in [2.45, 2.75) is 32.5 Å². The van der Waals surface area contributed by atoms with Crippen LogP contribution in [-0.2, 0) is 6.54 Å². The molecule has 1 saturated heterocycles. The molecule has 1 aliphatic rings. The van der Waals surface area contributed by atoms with Crippen molar-refractivity contribution in [3.05, 3.63) is 77.3 Å². The molecule has 25 heavy (non-hydrogen) atoms. The molecule has 0 saturated carbocycles. The van der Waals surface area contributed by atoms with Crippen LogP contribution in [0.3, 0.4) is 0 Å². The van der Waals surface area contributed by atoms with Gasteiger partial charge in [0.1, 0.15) is 5.76 Å². The zero-order chi connectivity index (χ0) is 17.4. The molecule has 0 unspecified atom stereocenters. The Bertz CT molecular complexity index is 872. The molecule has 0 aliphatic carbocycles. The van der Waals surface area contributed by atoms with Crippen LogP contribution in [0.4, 0.5) is 0 Å². The van der Waals surface area contributed by atoms with E-state index in [1.165, 1.54) is 5.56 Å². The first-order valence-electron chi connectivity index (χ1n) is 8.30. The van der Waals surface area contributed by atoms with Gasteiger partial charge in [0.05, 0.1) is 30.6 Å². The predicted octanol–water partition coefficient (Wildman–Crippen LogP) is 3.79. The summed E-state index contributed by atoms with van der Waals surface area (Å²) in [5.41, 5.74) is 4.50. The molecule has 2 atom stereocenters. The van der Waals surface area contributed by atoms with Gasteiger partial charge in [0.25, 0.3) is 0 Å².